The molecule has 0 radical (unpaired) electrons. The number of rotatable bonds is 6. The first kappa shape index (κ1) is 16.4. The fourth-order valence-electron chi connectivity index (χ4n) is 3.06. The van der Waals surface area contributed by atoms with Crippen LogP contribution in [0, 0.1) is 12.3 Å². The van der Waals surface area contributed by atoms with Gasteiger partial charge >= 0.3 is 0 Å². The van der Waals surface area contributed by atoms with Crippen LogP contribution in [0.2, 0.25) is 0 Å². The first-order chi connectivity index (χ1) is 11.5. The van der Waals surface area contributed by atoms with E-state index < -0.39 is 5.66 Å². The lowest BCUT2D eigenvalue weighted by molar-refractivity contribution is -0.132. The second kappa shape index (κ2) is 6.56. The number of hydrogen-bond donors (Lipinski definition) is 0. The van der Waals surface area contributed by atoms with Crippen molar-refractivity contribution in [1.82, 2.24) is 14.9 Å². The molecule has 0 atom stereocenters. The van der Waals surface area contributed by atoms with Crippen molar-refractivity contribution in [1.29, 1.82) is 0 Å². The van der Waals surface area contributed by atoms with E-state index in [2.05, 4.69) is 26.1 Å². The van der Waals surface area contributed by atoms with Gasteiger partial charge in [0.25, 0.3) is 0 Å². The van der Waals surface area contributed by atoms with Gasteiger partial charge < -0.3 is 9.80 Å². The molecule has 126 valence electrons. The highest BCUT2D eigenvalue weighted by Gasteiger charge is 2.39. The van der Waals surface area contributed by atoms with Crippen LogP contribution in [0.25, 0.3) is 0 Å². The van der Waals surface area contributed by atoms with E-state index in [1.54, 1.807) is 6.33 Å². The van der Waals surface area contributed by atoms with E-state index in [1.807, 2.05) is 23.9 Å². The predicted octanol–water partition coefficient (Wildman–Crippen LogP) is 1.78. The minimum Gasteiger partial charge on any atom is -0.362 e. The Bertz CT molecular complexity index is 700. The zero-order valence-corrected chi connectivity index (χ0v) is 14.2. The van der Waals surface area contributed by atoms with E-state index in [1.165, 1.54) is 0 Å². The van der Waals surface area contributed by atoms with Crippen molar-refractivity contribution in [3.8, 4) is 12.3 Å². The van der Waals surface area contributed by atoms with Gasteiger partial charge in [0.05, 0.1) is 12.2 Å². The molecule has 3 rings (SSSR count). The molecule has 7 heteroatoms. The van der Waals surface area contributed by atoms with Gasteiger partial charge in [-0.2, -0.15) is 10.2 Å². The van der Waals surface area contributed by atoms with Crippen molar-refractivity contribution in [2.45, 2.75) is 44.3 Å². The van der Waals surface area contributed by atoms with Crippen LogP contribution in [0.3, 0.4) is 0 Å². The van der Waals surface area contributed by atoms with Crippen molar-refractivity contribution in [3.63, 3.8) is 0 Å². The number of nitrogens with zero attached hydrogens (tertiary/aromatic N) is 6. The van der Waals surface area contributed by atoms with Crippen molar-refractivity contribution in [2.24, 2.45) is 10.2 Å². The number of carbonyl (C=O) groups excluding carboxylic acids is 1. The summed E-state index contributed by atoms with van der Waals surface area (Å²) in [4.78, 5) is 25.1. The highest BCUT2D eigenvalue weighted by molar-refractivity contribution is 5.77. The SMILES string of the molecule is C#CCCC1(CCC(=O)N2CCc3ncnc(N(C)C)c3C2)N=N1. The Labute approximate surface area is 142 Å². The van der Waals surface area contributed by atoms with Gasteiger partial charge in [-0.25, -0.2) is 9.97 Å². The summed E-state index contributed by atoms with van der Waals surface area (Å²) < 4.78 is 0. The molecule has 7 nitrogen and oxygen atoms in total. The van der Waals surface area contributed by atoms with Crippen molar-refractivity contribution in [3.05, 3.63) is 17.6 Å². The monoisotopic (exact) mass is 326 g/mol. The predicted molar refractivity (Wildman–Crippen MR) is 90.4 cm³/mol. The van der Waals surface area contributed by atoms with E-state index in [-0.39, 0.29) is 5.91 Å². The highest BCUT2D eigenvalue weighted by atomic mass is 16.2. The minimum absolute atomic E-state index is 0.131. The summed E-state index contributed by atoms with van der Waals surface area (Å²) in [5, 5.41) is 8.19. The van der Waals surface area contributed by atoms with Gasteiger partial charge in [-0.1, -0.05) is 0 Å². The van der Waals surface area contributed by atoms with E-state index in [9.17, 15) is 4.79 Å². The van der Waals surface area contributed by atoms with Crippen LogP contribution in [0.1, 0.15) is 36.9 Å². The number of aromatic nitrogens is 2. The molecule has 1 amide bonds. The molecule has 0 fully saturated rings. The lowest BCUT2D eigenvalue weighted by Crippen LogP contribution is -2.37. The maximum Gasteiger partial charge on any atom is 0.223 e. The summed E-state index contributed by atoms with van der Waals surface area (Å²) in [5.74, 6) is 3.62. The van der Waals surface area contributed by atoms with Gasteiger partial charge in [-0.15, -0.1) is 12.3 Å². The molecular formula is C17H22N6O. The highest BCUT2D eigenvalue weighted by Crippen LogP contribution is 2.38. The van der Waals surface area contributed by atoms with Crippen LogP contribution in [-0.4, -0.2) is 47.1 Å². The van der Waals surface area contributed by atoms with E-state index in [0.29, 0.717) is 32.4 Å². The van der Waals surface area contributed by atoms with E-state index in [0.717, 1.165) is 29.9 Å². The summed E-state index contributed by atoms with van der Waals surface area (Å²) in [5.41, 5.74) is 1.69. The smallest absolute Gasteiger partial charge is 0.223 e. The number of carbonyl (C=O) groups is 1. The lowest BCUT2D eigenvalue weighted by atomic mass is 10.0. The summed E-state index contributed by atoms with van der Waals surface area (Å²) in [6, 6.07) is 0. The summed E-state index contributed by atoms with van der Waals surface area (Å²) in [6.45, 7) is 1.26. The first-order valence-electron chi connectivity index (χ1n) is 8.20. The molecule has 0 saturated heterocycles. The largest absolute Gasteiger partial charge is 0.362 e. The molecule has 0 saturated carbocycles. The number of fused-ring (bicyclic) bond motifs is 1. The molecule has 1 aromatic rings. The average Bonchev–Trinajstić information content (AvgIpc) is 3.37. The van der Waals surface area contributed by atoms with Gasteiger partial charge in [-0.05, 0) is 0 Å². The molecule has 3 heterocycles. The Morgan fingerprint density at radius 2 is 2.17 bits per heavy atom. The third-order valence-electron chi connectivity index (χ3n) is 4.55. The fraction of sp³-hybridized carbons (Fsp3) is 0.588. The lowest BCUT2D eigenvalue weighted by Gasteiger charge is -2.30. The molecule has 24 heavy (non-hydrogen) atoms. The molecule has 0 N–H and O–H groups in total. The summed E-state index contributed by atoms with van der Waals surface area (Å²) in [6.07, 6.45) is 10.1. The van der Waals surface area contributed by atoms with E-state index in [4.69, 9.17) is 6.42 Å². The molecule has 1 aromatic heterocycles. The normalized spacial score (nSPS) is 17.1. The van der Waals surface area contributed by atoms with Gasteiger partial charge in [0.1, 0.15) is 12.1 Å². The molecule has 0 spiro atoms. The van der Waals surface area contributed by atoms with Gasteiger partial charge in [0.2, 0.25) is 5.91 Å². The minimum atomic E-state index is -0.395. The van der Waals surface area contributed by atoms with Gasteiger partial charge in [0.15, 0.2) is 5.66 Å². The summed E-state index contributed by atoms with van der Waals surface area (Å²) in [7, 11) is 3.91. The maximum atomic E-state index is 12.6. The second-order valence-electron chi connectivity index (χ2n) is 6.47. The van der Waals surface area contributed by atoms with E-state index >= 15 is 0 Å². The standard InChI is InChI=1S/C17H22N6O/c1-4-5-8-17(20-21-17)9-6-15(24)23-10-7-14-13(11-23)16(22(2)3)19-12-18-14/h1,12H,5-11H2,2-3H3. The van der Waals surface area contributed by atoms with Crippen LogP contribution < -0.4 is 4.90 Å². The Kier molecular flexibility index (Phi) is 4.47. The third kappa shape index (κ3) is 3.37. The molecule has 0 aliphatic carbocycles. The fourth-order valence-corrected chi connectivity index (χ4v) is 3.06. The third-order valence-corrected chi connectivity index (χ3v) is 4.55. The average molecular weight is 326 g/mol. The topological polar surface area (TPSA) is 74.1 Å². The zero-order valence-electron chi connectivity index (χ0n) is 14.2. The van der Waals surface area contributed by atoms with Crippen LogP contribution in [0.4, 0.5) is 5.82 Å². The number of amides is 1. The van der Waals surface area contributed by atoms with Crippen molar-refractivity contribution >= 4 is 11.7 Å². The van der Waals surface area contributed by atoms with Crippen LogP contribution in [0.15, 0.2) is 16.6 Å². The Morgan fingerprint density at radius 3 is 2.83 bits per heavy atom. The molecule has 0 aromatic carbocycles. The van der Waals surface area contributed by atoms with Crippen molar-refractivity contribution in [2.75, 3.05) is 25.5 Å². The number of anilines is 1. The first-order valence-corrected chi connectivity index (χ1v) is 8.20. The Hall–Kier alpha value is -2.49. The quantitative estimate of drug-likeness (QED) is 0.747. The number of hydrogen-bond acceptors (Lipinski definition) is 6. The molecule has 2 aliphatic rings. The Balaban J connectivity index is 1.61. The summed E-state index contributed by atoms with van der Waals surface area (Å²) >= 11 is 0. The van der Waals surface area contributed by atoms with Crippen molar-refractivity contribution < 1.29 is 4.79 Å². The van der Waals surface area contributed by atoms with Crippen LogP contribution >= 0.6 is 0 Å². The molecule has 2 aliphatic heterocycles. The van der Waals surface area contributed by atoms with Gasteiger partial charge in [-0.3, -0.25) is 4.79 Å². The molecular weight excluding hydrogens is 304 g/mol. The van der Waals surface area contributed by atoms with Gasteiger partial charge in [0, 0.05) is 58.3 Å². The van der Waals surface area contributed by atoms with Crippen LogP contribution in [0.5, 0.6) is 0 Å². The zero-order chi connectivity index (χ0) is 17.2. The molecule has 0 bridgehead atoms. The Morgan fingerprint density at radius 1 is 1.38 bits per heavy atom. The second-order valence-corrected chi connectivity index (χ2v) is 6.47. The maximum absolute atomic E-state index is 12.6. The molecule has 0 unspecified atom stereocenters. The van der Waals surface area contributed by atoms with Crippen LogP contribution in [-0.2, 0) is 17.8 Å². The number of terminal acetylenes is 1.